The zero-order valence-electron chi connectivity index (χ0n) is 10.2. The molecule has 0 aromatic carbocycles. The Morgan fingerprint density at radius 1 is 1.17 bits per heavy atom. The molecule has 0 saturated carbocycles. The van der Waals surface area contributed by atoms with Crippen molar-refractivity contribution in [2.24, 2.45) is 0 Å². The van der Waals surface area contributed by atoms with Crippen LogP contribution in [0.3, 0.4) is 0 Å². The van der Waals surface area contributed by atoms with E-state index < -0.39 is 31.0 Å². The SMILES string of the molecule is C1CO1.OCC(O)CC(O)(CC1CO1)C(O)CO. The molecule has 18 heavy (non-hydrogen) atoms. The van der Waals surface area contributed by atoms with Crippen LogP contribution in [0.1, 0.15) is 12.8 Å². The van der Waals surface area contributed by atoms with Crippen LogP contribution in [-0.4, -0.2) is 82.5 Å². The van der Waals surface area contributed by atoms with Crippen LogP contribution in [0.15, 0.2) is 0 Å². The number of ether oxygens (including phenoxy) is 2. The van der Waals surface area contributed by atoms with E-state index in [9.17, 15) is 15.3 Å². The standard InChI is InChI=1S/C9H18O6.C2H4O/c10-3-6(12)1-9(14,8(13)4-11)2-7-5-15-7;1-2-3-1/h6-8,10-14H,1-5H2;1-2H2. The van der Waals surface area contributed by atoms with Crippen LogP contribution in [0.2, 0.25) is 0 Å². The van der Waals surface area contributed by atoms with Gasteiger partial charge in [-0.2, -0.15) is 0 Å². The summed E-state index contributed by atoms with van der Waals surface area (Å²) in [5.41, 5.74) is -1.61. The maximum Gasteiger partial charge on any atom is 0.106 e. The van der Waals surface area contributed by atoms with Crippen molar-refractivity contribution in [2.75, 3.05) is 33.0 Å². The summed E-state index contributed by atoms with van der Waals surface area (Å²) in [4.78, 5) is 0. The van der Waals surface area contributed by atoms with Gasteiger partial charge in [0.2, 0.25) is 0 Å². The summed E-state index contributed by atoms with van der Waals surface area (Å²) in [6.07, 6.45) is -2.64. The Kier molecular flexibility index (Phi) is 6.44. The van der Waals surface area contributed by atoms with Gasteiger partial charge in [0, 0.05) is 12.8 Å². The predicted octanol–water partition coefficient (Wildman–Crippen LogP) is -2.38. The Hall–Kier alpha value is -0.280. The van der Waals surface area contributed by atoms with Gasteiger partial charge in [0.15, 0.2) is 0 Å². The molecule has 4 unspecified atom stereocenters. The Bertz CT molecular complexity index is 229. The van der Waals surface area contributed by atoms with E-state index in [4.69, 9.17) is 14.9 Å². The van der Waals surface area contributed by atoms with Crippen LogP contribution in [0.25, 0.3) is 0 Å². The van der Waals surface area contributed by atoms with Crippen molar-refractivity contribution in [1.29, 1.82) is 0 Å². The molecule has 2 aliphatic rings. The predicted molar refractivity (Wildman–Crippen MR) is 60.9 cm³/mol. The molecule has 2 saturated heterocycles. The van der Waals surface area contributed by atoms with E-state index >= 15 is 0 Å². The minimum Gasteiger partial charge on any atom is -0.394 e. The highest BCUT2D eigenvalue weighted by atomic mass is 16.6. The fraction of sp³-hybridized carbons (Fsp3) is 1.00. The Labute approximate surface area is 106 Å². The Morgan fingerprint density at radius 3 is 2.06 bits per heavy atom. The van der Waals surface area contributed by atoms with Crippen LogP contribution in [0.5, 0.6) is 0 Å². The number of rotatable bonds is 7. The molecule has 5 N–H and O–H groups in total. The first-order valence-corrected chi connectivity index (χ1v) is 6.01. The number of aliphatic hydroxyl groups excluding tert-OH is 4. The molecule has 108 valence electrons. The van der Waals surface area contributed by atoms with Crippen molar-refractivity contribution in [1.82, 2.24) is 0 Å². The fourth-order valence-corrected chi connectivity index (χ4v) is 1.58. The van der Waals surface area contributed by atoms with E-state index in [0.29, 0.717) is 6.61 Å². The summed E-state index contributed by atoms with van der Waals surface area (Å²) in [6, 6.07) is 0. The Morgan fingerprint density at radius 2 is 1.72 bits per heavy atom. The topological polar surface area (TPSA) is 126 Å². The van der Waals surface area contributed by atoms with Crippen molar-refractivity contribution in [3.05, 3.63) is 0 Å². The van der Waals surface area contributed by atoms with Gasteiger partial charge in [-0.25, -0.2) is 0 Å². The minimum absolute atomic E-state index is 0.137. The second-order valence-electron chi connectivity index (χ2n) is 4.61. The number of hydrogen-bond acceptors (Lipinski definition) is 7. The molecule has 0 spiro atoms. The first-order valence-electron chi connectivity index (χ1n) is 6.01. The number of hydrogen-bond donors (Lipinski definition) is 5. The highest BCUT2D eigenvalue weighted by Crippen LogP contribution is 2.29. The van der Waals surface area contributed by atoms with Gasteiger partial charge in [-0.1, -0.05) is 0 Å². The third-order valence-corrected chi connectivity index (χ3v) is 2.78. The highest BCUT2D eigenvalue weighted by molar-refractivity contribution is 4.93. The van der Waals surface area contributed by atoms with Gasteiger partial charge in [0.05, 0.1) is 50.8 Å². The van der Waals surface area contributed by atoms with Crippen molar-refractivity contribution >= 4 is 0 Å². The molecule has 0 bridgehead atoms. The molecule has 7 heteroatoms. The lowest BCUT2D eigenvalue weighted by atomic mass is 9.86. The first-order chi connectivity index (χ1) is 8.51. The van der Waals surface area contributed by atoms with Crippen molar-refractivity contribution in [3.63, 3.8) is 0 Å². The lowest BCUT2D eigenvalue weighted by Gasteiger charge is -2.33. The average molecular weight is 266 g/mol. The summed E-state index contributed by atoms with van der Waals surface area (Å²) in [5, 5.41) is 46.2. The largest absolute Gasteiger partial charge is 0.394 e. The van der Waals surface area contributed by atoms with E-state index in [0.717, 1.165) is 13.2 Å². The van der Waals surface area contributed by atoms with Crippen LogP contribution in [0, 0.1) is 0 Å². The van der Waals surface area contributed by atoms with Gasteiger partial charge in [0.1, 0.15) is 6.10 Å². The summed E-state index contributed by atoms with van der Waals surface area (Å²) in [6.45, 7) is 1.42. The number of epoxide rings is 2. The third-order valence-electron chi connectivity index (χ3n) is 2.78. The molecular weight excluding hydrogens is 244 g/mol. The van der Waals surface area contributed by atoms with Crippen molar-refractivity contribution in [3.8, 4) is 0 Å². The maximum atomic E-state index is 10.0. The summed E-state index contributed by atoms with van der Waals surface area (Å²) in [7, 11) is 0. The smallest absolute Gasteiger partial charge is 0.106 e. The van der Waals surface area contributed by atoms with Gasteiger partial charge in [-0.3, -0.25) is 0 Å². The van der Waals surface area contributed by atoms with Crippen LogP contribution < -0.4 is 0 Å². The molecule has 2 aliphatic heterocycles. The number of aliphatic hydroxyl groups is 5. The van der Waals surface area contributed by atoms with Gasteiger partial charge < -0.3 is 35.0 Å². The van der Waals surface area contributed by atoms with Gasteiger partial charge in [-0.05, 0) is 0 Å². The van der Waals surface area contributed by atoms with Crippen molar-refractivity contribution in [2.45, 2.75) is 36.8 Å². The quantitative estimate of drug-likeness (QED) is 0.326. The molecule has 2 fully saturated rings. The molecule has 2 rings (SSSR count). The van der Waals surface area contributed by atoms with E-state index in [2.05, 4.69) is 4.74 Å². The third kappa shape index (κ3) is 6.05. The summed E-state index contributed by atoms with van der Waals surface area (Å²) >= 11 is 0. The molecule has 0 aromatic rings. The lowest BCUT2D eigenvalue weighted by Crippen LogP contribution is -2.48. The maximum absolute atomic E-state index is 10.0. The molecule has 2 heterocycles. The lowest BCUT2D eigenvalue weighted by molar-refractivity contribution is -0.126. The molecular formula is C11H22O7. The zero-order chi connectivity index (χ0) is 13.6. The molecule has 0 aromatic heterocycles. The molecule has 4 atom stereocenters. The van der Waals surface area contributed by atoms with Crippen LogP contribution in [-0.2, 0) is 9.47 Å². The zero-order valence-corrected chi connectivity index (χ0v) is 10.2. The fourth-order valence-electron chi connectivity index (χ4n) is 1.58. The molecule has 0 amide bonds. The van der Waals surface area contributed by atoms with E-state index in [1.807, 2.05) is 0 Å². The van der Waals surface area contributed by atoms with Gasteiger partial charge >= 0.3 is 0 Å². The molecule has 7 nitrogen and oxygen atoms in total. The van der Waals surface area contributed by atoms with Crippen molar-refractivity contribution < 1.29 is 35.0 Å². The van der Waals surface area contributed by atoms with Gasteiger partial charge in [0.25, 0.3) is 0 Å². The van der Waals surface area contributed by atoms with E-state index in [1.54, 1.807) is 0 Å². The van der Waals surface area contributed by atoms with Crippen LogP contribution in [0.4, 0.5) is 0 Å². The molecule has 0 aliphatic carbocycles. The van der Waals surface area contributed by atoms with E-state index in [1.165, 1.54) is 0 Å². The summed E-state index contributed by atoms with van der Waals surface area (Å²) in [5.74, 6) is 0. The van der Waals surface area contributed by atoms with Gasteiger partial charge in [-0.15, -0.1) is 0 Å². The monoisotopic (exact) mass is 266 g/mol. The normalized spacial score (nSPS) is 27.5. The average Bonchev–Trinajstić information content (AvgIpc) is 3.17. The van der Waals surface area contributed by atoms with Crippen LogP contribution >= 0.6 is 0 Å². The minimum atomic E-state index is -1.61. The highest BCUT2D eigenvalue weighted by Gasteiger charge is 2.42. The Balaban J connectivity index is 0.000000468. The first kappa shape index (κ1) is 15.8. The van der Waals surface area contributed by atoms with E-state index in [-0.39, 0.29) is 18.9 Å². The second-order valence-corrected chi connectivity index (χ2v) is 4.61. The second kappa shape index (κ2) is 7.34. The summed E-state index contributed by atoms with van der Waals surface area (Å²) < 4.78 is 9.42. The molecule has 0 radical (unpaired) electrons.